The second-order valence-electron chi connectivity index (χ2n) is 8.04. The van der Waals surface area contributed by atoms with E-state index in [1.165, 1.54) is 0 Å². The van der Waals surface area contributed by atoms with Crippen LogP contribution in [0.25, 0.3) is 0 Å². The van der Waals surface area contributed by atoms with E-state index in [4.69, 9.17) is 14.2 Å². The number of carbonyl (C=O) groups is 2. The third-order valence-electron chi connectivity index (χ3n) is 5.95. The molecule has 0 spiro atoms. The number of hydrogen-bond acceptors (Lipinski definition) is 8. The summed E-state index contributed by atoms with van der Waals surface area (Å²) < 4.78 is 44.7. The number of sulfonamides is 1. The number of hydrogen-bond donors (Lipinski definition) is 0. The van der Waals surface area contributed by atoms with Gasteiger partial charge in [-0.2, -0.15) is 8.42 Å². The first-order valence-electron chi connectivity index (χ1n) is 10.7. The van der Waals surface area contributed by atoms with Crippen molar-refractivity contribution >= 4 is 27.6 Å². The first-order chi connectivity index (χ1) is 15.9. The minimum atomic E-state index is -3.68. The lowest BCUT2D eigenvalue weighted by atomic mass is 9.96. The van der Waals surface area contributed by atoms with Gasteiger partial charge in [0.1, 0.15) is 18.1 Å². The van der Waals surface area contributed by atoms with E-state index in [9.17, 15) is 18.0 Å². The lowest BCUT2D eigenvalue weighted by Crippen LogP contribution is -2.40. The van der Waals surface area contributed by atoms with E-state index >= 15 is 0 Å². The van der Waals surface area contributed by atoms with Crippen LogP contribution < -0.4 is 9.47 Å². The molecule has 0 unspecified atom stereocenters. The lowest BCUT2D eigenvalue weighted by molar-refractivity contribution is -0.148. The third kappa shape index (κ3) is 4.18. The van der Waals surface area contributed by atoms with Gasteiger partial charge in [-0.3, -0.25) is 9.59 Å². The van der Waals surface area contributed by atoms with Gasteiger partial charge in [0.15, 0.2) is 29.7 Å². The van der Waals surface area contributed by atoms with Crippen molar-refractivity contribution in [1.82, 2.24) is 4.90 Å². The number of ether oxygens (including phenoxy) is 3. The summed E-state index contributed by atoms with van der Waals surface area (Å²) in [7, 11) is -3.68. The Morgan fingerprint density at radius 2 is 1.76 bits per heavy atom. The van der Waals surface area contributed by atoms with Crippen molar-refractivity contribution in [2.75, 3.05) is 32.9 Å². The highest BCUT2D eigenvalue weighted by atomic mass is 32.2. The molecule has 0 atom stereocenters. The van der Waals surface area contributed by atoms with Crippen LogP contribution in [-0.4, -0.2) is 63.8 Å². The van der Waals surface area contributed by atoms with Crippen LogP contribution in [-0.2, 0) is 19.6 Å². The average Bonchev–Trinajstić information content (AvgIpc) is 3.13. The largest absolute Gasteiger partial charge is 0.486 e. The number of benzene rings is 2. The molecule has 0 saturated carbocycles. The molecule has 2 aromatic carbocycles. The van der Waals surface area contributed by atoms with Crippen molar-refractivity contribution in [2.45, 2.75) is 17.7 Å². The number of piperidine rings is 1. The molecule has 33 heavy (non-hydrogen) atoms. The Balaban J connectivity index is 1.16. The molecule has 1 fully saturated rings. The van der Waals surface area contributed by atoms with Crippen LogP contribution in [0.3, 0.4) is 0 Å². The van der Waals surface area contributed by atoms with Crippen LogP contribution in [0.1, 0.15) is 28.8 Å². The standard InChI is InChI=1S/C23H22N2O7S/c26-18(16-5-6-19-20(13-16)31-12-11-30-19)14-32-23(27)15-7-9-25(10-8-15)22-17-3-1-2-4-21(17)33(28,29)24-22/h1-6,13,15H,7-12,14H2. The molecule has 9 nitrogen and oxygen atoms in total. The van der Waals surface area contributed by atoms with Crippen molar-refractivity contribution < 1.29 is 32.2 Å². The molecular formula is C23H22N2O7S. The smallest absolute Gasteiger partial charge is 0.309 e. The summed E-state index contributed by atoms with van der Waals surface area (Å²) in [6.07, 6.45) is 0.969. The molecule has 2 aromatic rings. The molecular weight excluding hydrogens is 448 g/mol. The topological polar surface area (TPSA) is 112 Å². The van der Waals surface area contributed by atoms with Crippen LogP contribution in [0.5, 0.6) is 11.5 Å². The molecule has 10 heteroatoms. The molecule has 0 radical (unpaired) electrons. The SMILES string of the molecule is O=C(COC(=O)C1CCN(C2=NS(=O)(=O)c3ccccc32)CC1)c1ccc2c(c1)OCCO2. The zero-order valence-electron chi connectivity index (χ0n) is 17.7. The van der Waals surface area contributed by atoms with E-state index in [0.717, 1.165) is 0 Å². The van der Waals surface area contributed by atoms with Crippen molar-refractivity contribution in [2.24, 2.45) is 10.3 Å². The Bertz CT molecular complexity index is 1250. The number of fused-ring (bicyclic) bond motifs is 2. The maximum atomic E-state index is 12.5. The summed E-state index contributed by atoms with van der Waals surface area (Å²) in [6, 6.07) is 11.6. The van der Waals surface area contributed by atoms with Gasteiger partial charge < -0.3 is 19.1 Å². The molecule has 1 saturated heterocycles. The highest BCUT2D eigenvalue weighted by Crippen LogP contribution is 2.32. The van der Waals surface area contributed by atoms with E-state index in [1.807, 2.05) is 4.90 Å². The van der Waals surface area contributed by atoms with Gasteiger partial charge in [0, 0.05) is 24.2 Å². The zero-order chi connectivity index (χ0) is 23.0. The maximum absolute atomic E-state index is 12.5. The number of ketones is 1. The van der Waals surface area contributed by atoms with E-state index in [2.05, 4.69) is 4.40 Å². The summed E-state index contributed by atoms with van der Waals surface area (Å²) in [4.78, 5) is 27.1. The van der Waals surface area contributed by atoms with Gasteiger partial charge in [-0.1, -0.05) is 12.1 Å². The van der Waals surface area contributed by atoms with Gasteiger partial charge in [0.25, 0.3) is 10.0 Å². The molecule has 0 aliphatic carbocycles. The average molecular weight is 471 g/mol. The molecule has 3 aliphatic rings. The molecule has 172 valence electrons. The molecule has 3 heterocycles. The molecule has 0 amide bonds. The lowest BCUT2D eigenvalue weighted by Gasteiger charge is -2.32. The third-order valence-corrected chi connectivity index (χ3v) is 7.28. The first-order valence-corrected chi connectivity index (χ1v) is 12.2. The van der Waals surface area contributed by atoms with Gasteiger partial charge in [-0.25, -0.2) is 0 Å². The molecule has 0 aromatic heterocycles. The van der Waals surface area contributed by atoms with Crippen LogP contribution in [0.2, 0.25) is 0 Å². The first kappa shape index (κ1) is 21.4. The summed E-state index contributed by atoms with van der Waals surface area (Å²) in [5.41, 5.74) is 0.976. The van der Waals surface area contributed by atoms with E-state index in [0.29, 0.717) is 67.6 Å². The van der Waals surface area contributed by atoms with Gasteiger partial charge in [-0.05, 0) is 43.2 Å². The summed E-state index contributed by atoms with van der Waals surface area (Å²) >= 11 is 0. The van der Waals surface area contributed by atoms with Crippen LogP contribution >= 0.6 is 0 Å². The number of likely N-dealkylation sites (tertiary alicyclic amines) is 1. The fourth-order valence-corrected chi connectivity index (χ4v) is 5.43. The Kier molecular flexibility index (Phi) is 5.53. The number of rotatable bonds is 4. The number of nitrogens with zero attached hydrogens (tertiary/aromatic N) is 2. The fraction of sp³-hybridized carbons (Fsp3) is 0.348. The Morgan fingerprint density at radius 3 is 2.55 bits per heavy atom. The number of carbonyl (C=O) groups excluding carboxylic acids is 2. The number of amidine groups is 1. The van der Waals surface area contributed by atoms with Crippen LogP contribution in [0.15, 0.2) is 51.8 Å². The Morgan fingerprint density at radius 1 is 1.03 bits per heavy atom. The van der Waals surface area contributed by atoms with Crippen LogP contribution in [0.4, 0.5) is 0 Å². The highest BCUT2D eigenvalue weighted by molar-refractivity contribution is 7.90. The van der Waals surface area contributed by atoms with Crippen molar-refractivity contribution in [3.63, 3.8) is 0 Å². The molecule has 0 bridgehead atoms. The number of Topliss-reactive ketones (excluding diaryl/α,β-unsaturated/α-hetero) is 1. The Hall–Kier alpha value is -3.40. The Labute approximate surface area is 191 Å². The van der Waals surface area contributed by atoms with Gasteiger partial charge >= 0.3 is 5.97 Å². The van der Waals surface area contributed by atoms with Crippen molar-refractivity contribution in [3.8, 4) is 11.5 Å². The van der Waals surface area contributed by atoms with Crippen molar-refractivity contribution in [3.05, 3.63) is 53.6 Å². The van der Waals surface area contributed by atoms with E-state index in [-0.39, 0.29) is 23.2 Å². The monoisotopic (exact) mass is 470 g/mol. The normalized spacial score (nSPS) is 18.9. The van der Waals surface area contributed by atoms with Crippen molar-refractivity contribution in [1.29, 1.82) is 0 Å². The minimum absolute atomic E-state index is 0.208. The van der Waals surface area contributed by atoms with E-state index < -0.39 is 16.0 Å². The predicted octanol–water partition coefficient (Wildman–Crippen LogP) is 2.04. The summed E-state index contributed by atoms with van der Waals surface area (Å²) in [5, 5.41) is 0. The highest BCUT2D eigenvalue weighted by Gasteiger charge is 2.35. The van der Waals surface area contributed by atoms with Gasteiger partial charge in [-0.15, -0.1) is 4.40 Å². The summed E-state index contributed by atoms with van der Waals surface area (Å²) in [6.45, 7) is 1.48. The maximum Gasteiger partial charge on any atom is 0.309 e. The van der Waals surface area contributed by atoms with Gasteiger partial charge in [0.05, 0.1) is 5.92 Å². The van der Waals surface area contributed by atoms with Crippen LogP contribution in [0, 0.1) is 5.92 Å². The molecule has 5 rings (SSSR count). The quantitative estimate of drug-likeness (QED) is 0.493. The van der Waals surface area contributed by atoms with Gasteiger partial charge in [0.2, 0.25) is 0 Å². The zero-order valence-corrected chi connectivity index (χ0v) is 18.5. The molecule has 3 aliphatic heterocycles. The second-order valence-corrected chi connectivity index (χ2v) is 9.61. The van der Waals surface area contributed by atoms with E-state index in [1.54, 1.807) is 42.5 Å². The minimum Gasteiger partial charge on any atom is -0.486 e. The predicted molar refractivity (Wildman–Crippen MR) is 117 cm³/mol. The number of esters is 1. The second kappa shape index (κ2) is 8.51. The fourth-order valence-electron chi connectivity index (χ4n) is 4.20. The summed E-state index contributed by atoms with van der Waals surface area (Å²) in [5.74, 6) is 0.407. The molecule has 0 N–H and O–H groups in total.